The molecule has 0 aliphatic carbocycles. The summed E-state index contributed by atoms with van der Waals surface area (Å²) in [5.74, 6) is 0.833. The minimum absolute atomic E-state index is 0.238. The van der Waals surface area contributed by atoms with Crippen LogP contribution in [0.5, 0.6) is 5.75 Å². The molecule has 14 heavy (non-hydrogen) atoms. The van der Waals surface area contributed by atoms with Crippen molar-refractivity contribution in [1.82, 2.24) is 9.38 Å². The van der Waals surface area contributed by atoms with Gasteiger partial charge in [-0.1, -0.05) is 13.8 Å². The molecule has 0 atom stereocenters. The maximum atomic E-state index is 9.54. The van der Waals surface area contributed by atoms with Crippen LogP contribution in [0.1, 0.15) is 19.5 Å². The maximum absolute atomic E-state index is 9.54. The molecule has 0 aliphatic rings. The summed E-state index contributed by atoms with van der Waals surface area (Å²) in [5, 5.41) is 9.54. The highest BCUT2D eigenvalue weighted by molar-refractivity contribution is 5.53. The molecule has 3 heteroatoms. The van der Waals surface area contributed by atoms with E-state index in [9.17, 15) is 5.11 Å². The lowest BCUT2D eigenvalue weighted by Gasteiger charge is -2.04. The molecular formula is C11H14N2O. The molecule has 0 aromatic carbocycles. The summed E-state index contributed by atoms with van der Waals surface area (Å²) in [7, 11) is 0. The summed E-state index contributed by atoms with van der Waals surface area (Å²) >= 11 is 0. The summed E-state index contributed by atoms with van der Waals surface area (Å²) in [6, 6.07) is 3.48. The Balaban J connectivity index is 2.52. The smallest absolute Gasteiger partial charge is 0.179 e. The highest BCUT2D eigenvalue weighted by Gasteiger charge is 2.07. The van der Waals surface area contributed by atoms with Gasteiger partial charge in [-0.3, -0.25) is 0 Å². The average Bonchev–Trinajstić information content (AvgIpc) is 2.49. The molecule has 0 amide bonds. The van der Waals surface area contributed by atoms with E-state index < -0.39 is 0 Å². The number of aromatic hydroxyl groups is 1. The van der Waals surface area contributed by atoms with Crippen molar-refractivity contribution in [3.8, 4) is 5.75 Å². The zero-order chi connectivity index (χ0) is 10.1. The van der Waals surface area contributed by atoms with Gasteiger partial charge < -0.3 is 9.51 Å². The normalized spacial score (nSPS) is 11.4. The SMILES string of the molecule is CC(C)Cc1cnc2c(O)cccn12. The molecular weight excluding hydrogens is 176 g/mol. The Kier molecular flexibility index (Phi) is 2.15. The van der Waals surface area contributed by atoms with Crippen molar-refractivity contribution in [3.05, 3.63) is 30.2 Å². The van der Waals surface area contributed by atoms with E-state index in [0.29, 0.717) is 11.6 Å². The van der Waals surface area contributed by atoms with Gasteiger partial charge in [0.05, 0.1) is 0 Å². The van der Waals surface area contributed by atoms with E-state index in [4.69, 9.17) is 0 Å². The highest BCUT2D eigenvalue weighted by Crippen LogP contribution is 2.18. The second kappa shape index (κ2) is 3.33. The van der Waals surface area contributed by atoms with Crippen molar-refractivity contribution in [3.63, 3.8) is 0 Å². The van der Waals surface area contributed by atoms with Crippen LogP contribution in [0.25, 0.3) is 5.65 Å². The number of pyridine rings is 1. The molecule has 1 N–H and O–H groups in total. The maximum Gasteiger partial charge on any atom is 0.179 e. The van der Waals surface area contributed by atoms with Crippen molar-refractivity contribution < 1.29 is 5.11 Å². The van der Waals surface area contributed by atoms with Crippen LogP contribution in [0, 0.1) is 5.92 Å². The van der Waals surface area contributed by atoms with Gasteiger partial charge in [0.25, 0.3) is 0 Å². The first-order valence-electron chi connectivity index (χ1n) is 4.82. The molecule has 0 aliphatic heterocycles. The predicted molar refractivity (Wildman–Crippen MR) is 55.4 cm³/mol. The van der Waals surface area contributed by atoms with Crippen molar-refractivity contribution in [2.75, 3.05) is 0 Å². The average molecular weight is 190 g/mol. The summed E-state index contributed by atoms with van der Waals surface area (Å²) in [5.41, 5.74) is 1.79. The Hall–Kier alpha value is -1.51. The molecule has 2 rings (SSSR count). The fraction of sp³-hybridized carbons (Fsp3) is 0.364. The number of rotatable bonds is 2. The van der Waals surface area contributed by atoms with E-state index in [1.807, 2.05) is 22.9 Å². The molecule has 0 spiro atoms. The zero-order valence-electron chi connectivity index (χ0n) is 8.44. The van der Waals surface area contributed by atoms with Crippen LogP contribution >= 0.6 is 0 Å². The van der Waals surface area contributed by atoms with E-state index in [-0.39, 0.29) is 5.75 Å². The van der Waals surface area contributed by atoms with E-state index >= 15 is 0 Å². The minimum atomic E-state index is 0.238. The van der Waals surface area contributed by atoms with Crippen LogP contribution in [0.2, 0.25) is 0 Å². The Morgan fingerprint density at radius 2 is 2.29 bits per heavy atom. The van der Waals surface area contributed by atoms with Crippen LogP contribution in [0.15, 0.2) is 24.5 Å². The molecule has 2 aromatic rings. The lowest BCUT2D eigenvalue weighted by Crippen LogP contribution is -1.98. The third-order valence-electron chi connectivity index (χ3n) is 2.21. The lowest BCUT2D eigenvalue weighted by molar-refractivity contribution is 0.477. The minimum Gasteiger partial charge on any atom is -0.504 e. The van der Waals surface area contributed by atoms with Crippen LogP contribution in [0.4, 0.5) is 0 Å². The van der Waals surface area contributed by atoms with Gasteiger partial charge in [0.15, 0.2) is 11.4 Å². The summed E-state index contributed by atoms with van der Waals surface area (Å²) in [6.45, 7) is 4.34. The van der Waals surface area contributed by atoms with Gasteiger partial charge in [-0.15, -0.1) is 0 Å². The first kappa shape index (κ1) is 9.06. The monoisotopic (exact) mass is 190 g/mol. The number of imidazole rings is 1. The molecule has 0 fully saturated rings. The van der Waals surface area contributed by atoms with Gasteiger partial charge in [-0.05, 0) is 24.5 Å². The number of hydrogen-bond donors (Lipinski definition) is 1. The number of hydrogen-bond acceptors (Lipinski definition) is 2. The molecule has 0 radical (unpaired) electrons. The lowest BCUT2D eigenvalue weighted by atomic mass is 10.1. The first-order valence-corrected chi connectivity index (χ1v) is 4.82. The number of fused-ring (bicyclic) bond motifs is 1. The van der Waals surface area contributed by atoms with Crippen LogP contribution < -0.4 is 0 Å². The molecule has 3 nitrogen and oxygen atoms in total. The Labute approximate surface area is 83.0 Å². The topological polar surface area (TPSA) is 37.5 Å². The van der Waals surface area contributed by atoms with Crippen molar-refractivity contribution in [2.45, 2.75) is 20.3 Å². The Morgan fingerprint density at radius 3 is 3.00 bits per heavy atom. The summed E-state index contributed by atoms with van der Waals surface area (Å²) < 4.78 is 1.94. The van der Waals surface area contributed by atoms with Gasteiger partial charge in [-0.2, -0.15) is 0 Å². The van der Waals surface area contributed by atoms with Crippen molar-refractivity contribution >= 4 is 5.65 Å². The molecule has 0 saturated heterocycles. The second-order valence-electron chi connectivity index (χ2n) is 3.93. The number of aromatic nitrogens is 2. The van der Waals surface area contributed by atoms with E-state index in [1.165, 1.54) is 0 Å². The third kappa shape index (κ3) is 1.45. The molecule has 0 bridgehead atoms. The summed E-state index contributed by atoms with van der Waals surface area (Å²) in [6.07, 6.45) is 4.74. The molecule has 74 valence electrons. The molecule has 2 aromatic heterocycles. The zero-order valence-corrected chi connectivity index (χ0v) is 8.44. The van der Waals surface area contributed by atoms with Gasteiger partial charge in [-0.25, -0.2) is 4.98 Å². The second-order valence-corrected chi connectivity index (χ2v) is 3.93. The Morgan fingerprint density at radius 1 is 1.50 bits per heavy atom. The predicted octanol–water partition coefficient (Wildman–Crippen LogP) is 2.24. The van der Waals surface area contributed by atoms with Crippen molar-refractivity contribution in [2.24, 2.45) is 5.92 Å². The molecule has 2 heterocycles. The largest absolute Gasteiger partial charge is 0.504 e. The molecule has 0 unspecified atom stereocenters. The van der Waals surface area contributed by atoms with E-state index in [1.54, 1.807) is 6.07 Å². The third-order valence-corrected chi connectivity index (χ3v) is 2.21. The summed E-state index contributed by atoms with van der Waals surface area (Å²) in [4.78, 5) is 4.18. The Bertz CT molecular complexity index is 445. The van der Waals surface area contributed by atoms with Crippen LogP contribution in [0.3, 0.4) is 0 Å². The fourth-order valence-corrected chi connectivity index (χ4v) is 1.62. The number of nitrogens with zero attached hydrogens (tertiary/aromatic N) is 2. The highest BCUT2D eigenvalue weighted by atomic mass is 16.3. The van der Waals surface area contributed by atoms with Gasteiger partial charge >= 0.3 is 0 Å². The fourth-order valence-electron chi connectivity index (χ4n) is 1.62. The van der Waals surface area contributed by atoms with Crippen LogP contribution in [-0.4, -0.2) is 14.5 Å². The van der Waals surface area contributed by atoms with Crippen molar-refractivity contribution in [1.29, 1.82) is 0 Å². The molecule has 0 saturated carbocycles. The van der Waals surface area contributed by atoms with Gasteiger partial charge in [0, 0.05) is 18.1 Å². The first-order chi connectivity index (χ1) is 6.68. The van der Waals surface area contributed by atoms with Gasteiger partial charge in [0.1, 0.15) is 0 Å². The van der Waals surface area contributed by atoms with E-state index in [2.05, 4.69) is 18.8 Å². The van der Waals surface area contributed by atoms with Crippen LogP contribution in [-0.2, 0) is 6.42 Å². The van der Waals surface area contributed by atoms with E-state index in [0.717, 1.165) is 12.1 Å². The standard InChI is InChI=1S/C11H14N2O/c1-8(2)6-9-7-12-11-10(14)4-3-5-13(9)11/h3-5,7-8,14H,6H2,1-2H3. The van der Waals surface area contributed by atoms with Gasteiger partial charge in [0.2, 0.25) is 0 Å². The quantitative estimate of drug-likeness (QED) is 0.788.